The molecule has 0 aliphatic carbocycles. The third-order valence-corrected chi connectivity index (χ3v) is 10.1. The van der Waals surface area contributed by atoms with Crippen LogP contribution in [0.5, 0.6) is 28.7 Å². The smallest absolute Gasteiger partial charge is 0.245 e. The van der Waals surface area contributed by atoms with Crippen molar-refractivity contribution in [1.29, 1.82) is 0 Å². The molecule has 0 spiro atoms. The SMILES string of the molecule is COc1c(C)cc2c(c1OCc1ccccc1)[C@@H]1C3=Cc4c(O)c(C)c(OC)c(OC)c4[C@H](COCc4ccccc4)N3C(=O)[C@@H](C2)N1C. The number of amides is 1. The standard InChI is InChI=1S/C40H42N2O7/c1-23-17-27-18-30-40(44)42-29(34(41(30)3)32(27)39(36(23)45-4)49-21-26-15-11-8-12-16-26)19-28-33(38(47-6)37(46-5)24(2)35(28)43)31(42)22-48-20-25-13-9-7-10-14-25/h7-17,19,30-31,34,43H,18,20-22H2,1-6H3/t30-,31+,34+/m1/s1. The van der Waals surface area contributed by atoms with Crippen LogP contribution in [0.3, 0.4) is 0 Å². The fraction of sp³-hybridized carbons (Fsp3) is 0.325. The maximum Gasteiger partial charge on any atom is 0.245 e. The number of nitrogens with zero attached hydrogens (tertiary/aromatic N) is 2. The summed E-state index contributed by atoms with van der Waals surface area (Å²) in [5, 5.41) is 11.7. The third kappa shape index (κ3) is 5.37. The van der Waals surface area contributed by atoms with Gasteiger partial charge in [0.1, 0.15) is 12.4 Å². The van der Waals surface area contributed by atoms with Gasteiger partial charge in [0.15, 0.2) is 23.0 Å². The Morgan fingerprint density at radius 1 is 0.816 bits per heavy atom. The molecule has 3 atom stereocenters. The molecule has 0 radical (unpaired) electrons. The normalized spacial score (nSPS) is 19.4. The molecular weight excluding hydrogens is 620 g/mol. The second-order valence-electron chi connectivity index (χ2n) is 12.9. The Morgan fingerprint density at radius 3 is 2.08 bits per heavy atom. The van der Waals surface area contributed by atoms with Crippen LogP contribution in [-0.4, -0.2) is 61.8 Å². The molecule has 7 rings (SSSR count). The molecule has 1 amide bonds. The summed E-state index contributed by atoms with van der Waals surface area (Å²) in [6.45, 7) is 4.68. The number of phenolic OH excluding ortho intramolecular Hbond substituents is 1. The fourth-order valence-corrected chi connectivity index (χ4v) is 7.78. The number of carbonyl (C=O) groups excluding carboxylic acids is 1. The van der Waals surface area contributed by atoms with Gasteiger partial charge in [-0.05, 0) is 55.6 Å². The second-order valence-corrected chi connectivity index (χ2v) is 12.9. The van der Waals surface area contributed by atoms with E-state index >= 15 is 0 Å². The minimum Gasteiger partial charge on any atom is -0.507 e. The zero-order valence-corrected chi connectivity index (χ0v) is 28.8. The van der Waals surface area contributed by atoms with Crippen molar-refractivity contribution in [1.82, 2.24) is 9.80 Å². The number of carbonyl (C=O) groups is 1. The Morgan fingerprint density at radius 2 is 1.45 bits per heavy atom. The molecule has 0 saturated carbocycles. The van der Waals surface area contributed by atoms with Crippen LogP contribution in [0.4, 0.5) is 0 Å². The Hall–Kier alpha value is -4.99. The fourth-order valence-electron chi connectivity index (χ4n) is 7.78. The van der Waals surface area contributed by atoms with E-state index < -0.39 is 12.1 Å². The van der Waals surface area contributed by atoms with Gasteiger partial charge < -0.3 is 33.7 Å². The Bertz CT molecular complexity index is 1930. The van der Waals surface area contributed by atoms with E-state index in [4.69, 9.17) is 23.7 Å². The van der Waals surface area contributed by atoms with Crippen molar-refractivity contribution >= 4 is 12.0 Å². The van der Waals surface area contributed by atoms with E-state index in [0.29, 0.717) is 59.3 Å². The molecule has 3 aliphatic rings. The van der Waals surface area contributed by atoms with Crippen LogP contribution in [-0.2, 0) is 29.2 Å². The van der Waals surface area contributed by atoms with Gasteiger partial charge >= 0.3 is 0 Å². The first-order chi connectivity index (χ1) is 23.8. The minimum absolute atomic E-state index is 0.0454. The Balaban J connectivity index is 1.41. The molecule has 0 aromatic heterocycles. The highest BCUT2D eigenvalue weighted by atomic mass is 16.5. The summed E-state index contributed by atoms with van der Waals surface area (Å²) in [5.41, 5.74) is 7.48. The zero-order chi connectivity index (χ0) is 34.4. The van der Waals surface area contributed by atoms with E-state index in [1.54, 1.807) is 28.3 Å². The van der Waals surface area contributed by atoms with Crippen LogP contribution >= 0.6 is 0 Å². The van der Waals surface area contributed by atoms with Crippen molar-refractivity contribution in [3.63, 3.8) is 0 Å². The maximum atomic E-state index is 14.8. The highest BCUT2D eigenvalue weighted by Gasteiger charge is 2.53. The molecule has 3 heterocycles. The molecular formula is C40H42N2O7. The van der Waals surface area contributed by atoms with Gasteiger partial charge in [0.2, 0.25) is 5.91 Å². The van der Waals surface area contributed by atoms with Gasteiger partial charge in [-0.2, -0.15) is 0 Å². The average Bonchev–Trinajstić information content (AvgIpc) is 3.11. The van der Waals surface area contributed by atoms with Gasteiger partial charge in [-0.15, -0.1) is 0 Å². The number of aryl methyl sites for hydroxylation is 1. The van der Waals surface area contributed by atoms with E-state index in [-0.39, 0.29) is 24.3 Å². The molecule has 9 nitrogen and oxygen atoms in total. The lowest BCUT2D eigenvalue weighted by molar-refractivity contribution is -0.145. The first-order valence-electron chi connectivity index (χ1n) is 16.5. The molecule has 4 aromatic carbocycles. The molecule has 4 aromatic rings. The van der Waals surface area contributed by atoms with Crippen LogP contribution in [0, 0.1) is 13.8 Å². The van der Waals surface area contributed by atoms with Crippen LogP contribution in [0.2, 0.25) is 0 Å². The van der Waals surface area contributed by atoms with Crippen molar-refractivity contribution in [3.8, 4) is 28.7 Å². The van der Waals surface area contributed by atoms with Crippen LogP contribution < -0.4 is 18.9 Å². The van der Waals surface area contributed by atoms with Crippen molar-refractivity contribution in [2.45, 2.75) is 51.6 Å². The van der Waals surface area contributed by atoms with Gasteiger partial charge in [0.05, 0.1) is 52.7 Å². The molecule has 1 N–H and O–H groups in total. The highest BCUT2D eigenvalue weighted by molar-refractivity contribution is 5.91. The molecule has 1 fully saturated rings. The number of hydrogen-bond donors (Lipinski definition) is 1. The third-order valence-electron chi connectivity index (χ3n) is 10.1. The molecule has 2 bridgehead atoms. The molecule has 1 saturated heterocycles. The van der Waals surface area contributed by atoms with Gasteiger partial charge in [-0.1, -0.05) is 66.7 Å². The number of ether oxygens (including phenoxy) is 5. The monoisotopic (exact) mass is 662 g/mol. The summed E-state index contributed by atoms with van der Waals surface area (Å²) in [4.78, 5) is 18.7. The number of methoxy groups -OCH3 is 3. The highest BCUT2D eigenvalue weighted by Crippen LogP contribution is 2.57. The summed E-state index contributed by atoms with van der Waals surface area (Å²) in [6.07, 6.45) is 2.42. The number of piperazine rings is 1. The quantitative estimate of drug-likeness (QED) is 0.202. The van der Waals surface area contributed by atoms with Crippen LogP contribution in [0.25, 0.3) is 6.08 Å². The predicted molar refractivity (Wildman–Crippen MR) is 186 cm³/mol. The number of likely N-dealkylation sites (N-methyl/N-ethyl adjacent to an activating group) is 1. The average molecular weight is 663 g/mol. The summed E-state index contributed by atoms with van der Waals surface area (Å²) >= 11 is 0. The van der Waals surface area contributed by atoms with E-state index in [9.17, 15) is 9.90 Å². The van der Waals surface area contributed by atoms with Crippen molar-refractivity contribution in [2.24, 2.45) is 0 Å². The lowest BCUT2D eigenvalue weighted by atomic mass is 9.78. The van der Waals surface area contributed by atoms with E-state index in [0.717, 1.165) is 33.5 Å². The lowest BCUT2D eigenvalue weighted by Gasteiger charge is -2.53. The van der Waals surface area contributed by atoms with Gasteiger partial charge in [-0.3, -0.25) is 9.69 Å². The summed E-state index contributed by atoms with van der Waals surface area (Å²) in [6, 6.07) is 20.6. The number of phenols is 1. The molecule has 0 unspecified atom stereocenters. The van der Waals surface area contributed by atoms with Crippen molar-refractivity contribution in [2.75, 3.05) is 35.0 Å². The van der Waals surface area contributed by atoms with E-state index in [1.807, 2.05) is 85.6 Å². The first kappa shape index (κ1) is 32.6. The molecule has 254 valence electrons. The maximum absolute atomic E-state index is 14.8. The van der Waals surface area contributed by atoms with Gasteiger partial charge in [0, 0.05) is 28.0 Å². The minimum atomic E-state index is -0.608. The zero-order valence-electron chi connectivity index (χ0n) is 28.8. The lowest BCUT2D eigenvalue weighted by Crippen LogP contribution is -2.60. The largest absolute Gasteiger partial charge is 0.507 e. The van der Waals surface area contributed by atoms with Gasteiger partial charge in [-0.25, -0.2) is 0 Å². The van der Waals surface area contributed by atoms with E-state index in [2.05, 4.69) is 11.0 Å². The summed E-state index contributed by atoms with van der Waals surface area (Å²) < 4.78 is 30.8. The number of aromatic hydroxyl groups is 1. The van der Waals surface area contributed by atoms with Crippen molar-refractivity contribution < 1.29 is 33.6 Å². The number of hydrogen-bond acceptors (Lipinski definition) is 8. The first-order valence-corrected chi connectivity index (χ1v) is 16.5. The molecule has 9 heteroatoms. The van der Waals surface area contributed by atoms with Crippen LogP contribution in [0.1, 0.15) is 56.6 Å². The summed E-state index contributed by atoms with van der Waals surface area (Å²) in [5.74, 6) is 2.24. The number of rotatable bonds is 10. The number of fused-ring (bicyclic) bond motifs is 7. The number of benzene rings is 4. The van der Waals surface area contributed by atoms with Crippen LogP contribution in [0.15, 0.2) is 72.4 Å². The van der Waals surface area contributed by atoms with E-state index in [1.165, 1.54) is 0 Å². The second kappa shape index (κ2) is 13.1. The topological polar surface area (TPSA) is 89.9 Å². The molecule has 49 heavy (non-hydrogen) atoms. The Kier molecular flexibility index (Phi) is 8.73. The summed E-state index contributed by atoms with van der Waals surface area (Å²) in [7, 11) is 6.78. The Labute approximate surface area is 287 Å². The molecule has 3 aliphatic heterocycles. The predicted octanol–water partition coefficient (Wildman–Crippen LogP) is 6.67. The van der Waals surface area contributed by atoms with Gasteiger partial charge in [0.25, 0.3) is 0 Å². The van der Waals surface area contributed by atoms with Crippen molar-refractivity contribution in [3.05, 3.63) is 117 Å².